The van der Waals surface area contributed by atoms with Crippen LogP contribution < -0.4 is 5.32 Å². The minimum absolute atomic E-state index is 0.154. The van der Waals surface area contributed by atoms with Crippen LogP contribution in [0, 0.1) is 0 Å². The van der Waals surface area contributed by atoms with E-state index in [0.717, 1.165) is 30.1 Å². The van der Waals surface area contributed by atoms with Crippen molar-refractivity contribution >= 4 is 34.7 Å². The summed E-state index contributed by atoms with van der Waals surface area (Å²) in [6.45, 7) is 1.92. The standard InChI is InChI=1S/C18H16ClN5O2S/c1-24-9-8-20-17(24)12-4-2-11(3-5-12)16-22-15(26-23-16)10-21-18(25)13-6-7-14(19)27-13/h2-7H,8-10H2,1H3,(H,21,25). The molecular weight excluding hydrogens is 386 g/mol. The maximum Gasteiger partial charge on any atom is 0.261 e. The molecule has 0 unspecified atom stereocenters. The number of aliphatic imine (C=N–C) groups is 1. The van der Waals surface area contributed by atoms with Crippen LogP contribution >= 0.6 is 22.9 Å². The Balaban J connectivity index is 1.41. The molecule has 138 valence electrons. The van der Waals surface area contributed by atoms with Crippen molar-refractivity contribution < 1.29 is 9.32 Å². The number of aromatic nitrogens is 2. The van der Waals surface area contributed by atoms with Gasteiger partial charge in [0.1, 0.15) is 5.84 Å². The van der Waals surface area contributed by atoms with Crippen molar-refractivity contribution in [2.24, 2.45) is 4.99 Å². The van der Waals surface area contributed by atoms with Gasteiger partial charge >= 0.3 is 0 Å². The average Bonchev–Trinajstić information content (AvgIpc) is 3.41. The summed E-state index contributed by atoms with van der Waals surface area (Å²) in [5.41, 5.74) is 1.90. The highest BCUT2D eigenvalue weighted by molar-refractivity contribution is 7.17. The fraction of sp³-hybridized carbons (Fsp3) is 0.222. The average molecular weight is 402 g/mol. The van der Waals surface area contributed by atoms with E-state index < -0.39 is 0 Å². The first-order chi connectivity index (χ1) is 13.1. The number of rotatable bonds is 5. The molecule has 9 heteroatoms. The molecular formula is C18H16ClN5O2S. The number of amidine groups is 1. The molecule has 2 aromatic heterocycles. The Morgan fingerprint density at radius 3 is 2.70 bits per heavy atom. The molecule has 4 rings (SSSR count). The number of hydrogen-bond donors (Lipinski definition) is 1. The van der Waals surface area contributed by atoms with Crippen molar-refractivity contribution in [1.29, 1.82) is 0 Å². The summed E-state index contributed by atoms with van der Waals surface area (Å²) in [7, 11) is 2.03. The molecule has 1 amide bonds. The number of thiophene rings is 1. The summed E-state index contributed by atoms with van der Waals surface area (Å²) in [6.07, 6.45) is 0. The zero-order valence-electron chi connectivity index (χ0n) is 14.5. The largest absolute Gasteiger partial charge is 0.358 e. The third-order valence-electron chi connectivity index (χ3n) is 4.13. The van der Waals surface area contributed by atoms with Crippen LogP contribution in [0.15, 0.2) is 45.9 Å². The molecule has 0 spiro atoms. The van der Waals surface area contributed by atoms with Crippen LogP contribution in [0.1, 0.15) is 21.1 Å². The first-order valence-corrected chi connectivity index (χ1v) is 9.52. The SMILES string of the molecule is CN1CCN=C1c1ccc(-c2noc(CNC(=O)c3ccc(Cl)s3)n2)cc1. The number of nitrogens with one attached hydrogen (secondary N) is 1. The van der Waals surface area contributed by atoms with Gasteiger partial charge in [0.05, 0.1) is 22.3 Å². The second-order valence-electron chi connectivity index (χ2n) is 6.00. The van der Waals surface area contributed by atoms with E-state index in [-0.39, 0.29) is 12.5 Å². The maximum absolute atomic E-state index is 12.0. The van der Waals surface area contributed by atoms with Gasteiger partial charge in [-0.15, -0.1) is 11.3 Å². The van der Waals surface area contributed by atoms with E-state index in [9.17, 15) is 4.79 Å². The van der Waals surface area contributed by atoms with Crippen LogP contribution in [0.4, 0.5) is 0 Å². The summed E-state index contributed by atoms with van der Waals surface area (Å²) in [5, 5.41) is 6.73. The third-order valence-corrected chi connectivity index (χ3v) is 5.36. The van der Waals surface area contributed by atoms with Crippen LogP contribution in [0.2, 0.25) is 4.34 Å². The monoisotopic (exact) mass is 401 g/mol. The zero-order chi connectivity index (χ0) is 18.8. The van der Waals surface area contributed by atoms with Crippen molar-refractivity contribution in [2.45, 2.75) is 6.54 Å². The van der Waals surface area contributed by atoms with Crippen LogP contribution in [0.3, 0.4) is 0 Å². The molecule has 7 nitrogen and oxygen atoms in total. The van der Waals surface area contributed by atoms with Crippen LogP contribution in [0.5, 0.6) is 0 Å². The van der Waals surface area contributed by atoms with Crippen molar-refractivity contribution in [1.82, 2.24) is 20.4 Å². The third kappa shape index (κ3) is 3.86. The van der Waals surface area contributed by atoms with Gasteiger partial charge < -0.3 is 14.7 Å². The van der Waals surface area contributed by atoms with Gasteiger partial charge in [-0.1, -0.05) is 41.0 Å². The lowest BCUT2D eigenvalue weighted by molar-refractivity contribution is 0.0950. The topological polar surface area (TPSA) is 83.6 Å². The number of benzene rings is 1. The van der Waals surface area contributed by atoms with E-state index in [1.165, 1.54) is 11.3 Å². The number of nitrogens with zero attached hydrogens (tertiary/aromatic N) is 4. The quantitative estimate of drug-likeness (QED) is 0.710. The lowest BCUT2D eigenvalue weighted by Gasteiger charge is -2.13. The van der Waals surface area contributed by atoms with Crippen molar-refractivity contribution in [3.05, 3.63) is 57.1 Å². The van der Waals surface area contributed by atoms with E-state index in [4.69, 9.17) is 16.1 Å². The first kappa shape index (κ1) is 17.7. The van der Waals surface area contributed by atoms with Crippen molar-refractivity contribution in [2.75, 3.05) is 20.1 Å². The van der Waals surface area contributed by atoms with Gasteiger partial charge in [-0.05, 0) is 12.1 Å². The molecule has 3 aromatic rings. The number of hydrogen-bond acceptors (Lipinski definition) is 7. The van der Waals surface area contributed by atoms with Crippen molar-refractivity contribution in [3.63, 3.8) is 0 Å². The van der Waals surface area contributed by atoms with Crippen molar-refractivity contribution in [3.8, 4) is 11.4 Å². The number of halogens is 1. The predicted octanol–water partition coefficient (Wildman–Crippen LogP) is 3.07. The minimum Gasteiger partial charge on any atom is -0.358 e. The Hall–Kier alpha value is -2.71. The van der Waals surface area contributed by atoms with Crippen LogP contribution in [-0.2, 0) is 6.54 Å². The number of likely N-dealkylation sites (N-methyl/N-ethyl adjacent to an activating group) is 1. The Morgan fingerprint density at radius 2 is 2.04 bits per heavy atom. The Morgan fingerprint density at radius 1 is 1.26 bits per heavy atom. The van der Waals surface area contributed by atoms with Gasteiger partial charge in [0.2, 0.25) is 11.7 Å². The smallest absolute Gasteiger partial charge is 0.261 e. The lowest BCUT2D eigenvalue weighted by atomic mass is 10.1. The summed E-state index contributed by atoms with van der Waals surface area (Å²) < 4.78 is 5.80. The Bertz CT molecular complexity index is 995. The molecule has 0 radical (unpaired) electrons. The normalized spacial score (nSPS) is 13.7. The highest BCUT2D eigenvalue weighted by Crippen LogP contribution is 2.21. The molecule has 0 atom stereocenters. The number of carbonyl (C=O) groups excluding carboxylic acids is 1. The van der Waals surface area contributed by atoms with E-state index in [2.05, 4.69) is 25.3 Å². The second-order valence-corrected chi connectivity index (χ2v) is 7.72. The van der Waals surface area contributed by atoms with Gasteiger partial charge in [-0.25, -0.2) is 0 Å². The van der Waals surface area contributed by atoms with E-state index in [0.29, 0.717) is 20.9 Å². The number of carbonyl (C=O) groups is 1. The molecule has 0 saturated carbocycles. The van der Waals surface area contributed by atoms with E-state index in [1.54, 1.807) is 12.1 Å². The van der Waals surface area contributed by atoms with Gasteiger partial charge in [0, 0.05) is 24.7 Å². The summed E-state index contributed by atoms with van der Waals surface area (Å²) in [5.74, 6) is 1.58. The highest BCUT2D eigenvalue weighted by Gasteiger charge is 2.16. The fourth-order valence-electron chi connectivity index (χ4n) is 2.74. The predicted molar refractivity (Wildman–Crippen MR) is 104 cm³/mol. The molecule has 1 aliphatic rings. The maximum atomic E-state index is 12.0. The van der Waals surface area contributed by atoms with E-state index in [1.807, 2.05) is 31.3 Å². The Kier molecular flexibility index (Phi) is 4.91. The van der Waals surface area contributed by atoms with Gasteiger partial charge in [-0.3, -0.25) is 9.79 Å². The molecule has 0 bridgehead atoms. The minimum atomic E-state index is -0.225. The molecule has 1 aliphatic heterocycles. The fourth-order valence-corrected chi connectivity index (χ4v) is 3.70. The number of amides is 1. The highest BCUT2D eigenvalue weighted by atomic mass is 35.5. The Labute approximate surface area is 164 Å². The lowest BCUT2D eigenvalue weighted by Crippen LogP contribution is -2.23. The molecule has 0 saturated heterocycles. The summed E-state index contributed by atoms with van der Waals surface area (Å²) in [6, 6.07) is 11.2. The summed E-state index contributed by atoms with van der Waals surface area (Å²) >= 11 is 7.06. The molecule has 0 aliphatic carbocycles. The molecule has 27 heavy (non-hydrogen) atoms. The molecule has 1 aromatic carbocycles. The van der Waals surface area contributed by atoms with Gasteiger partial charge in [0.25, 0.3) is 5.91 Å². The van der Waals surface area contributed by atoms with Gasteiger partial charge in [-0.2, -0.15) is 4.98 Å². The molecule has 3 heterocycles. The van der Waals surface area contributed by atoms with Crippen LogP contribution in [-0.4, -0.2) is 46.9 Å². The molecule has 1 N–H and O–H groups in total. The second kappa shape index (κ2) is 7.50. The van der Waals surface area contributed by atoms with Gasteiger partial charge in [0.15, 0.2) is 0 Å². The zero-order valence-corrected chi connectivity index (χ0v) is 16.0. The van der Waals surface area contributed by atoms with Crippen LogP contribution in [0.25, 0.3) is 11.4 Å². The summed E-state index contributed by atoms with van der Waals surface area (Å²) in [4.78, 5) is 23.5. The molecule has 0 fully saturated rings. The first-order valence-electron chi connectivity index (χ1n) is 8.32. The van der Waals surface area contributed by atoms with E-state index >= 15 is 0 Å².